The second-order valence-electron chi connectivity index (χ2n) is 6.84. The Bertz CT molecular complexity index is 893. The SMILES string of the molecule is CC(C)=C1C(=O)Nc2cc(O)c(-c3ccc(C(N)(CN)CO)cc3)cc21. The number of anilines is 1. The van der Waals surface area contributed by atoms with E-state index in [1.54, 1.807) is 18.2 Å². The average Bonchev–Trinajstić information content (AvgIpc) is 2.95. The number of rotatable bonds is 4. The van der Waals surface area contributed by atoms with E-state index in [2.05, 4.69) is 5.32 Å². The number of aromatic hydroxyl groups is 1. The molecule has 26 heavy (non-hydrogen) atoms. The van der Waals surface area contributed by atoms with Gasteiger partial charge in [-0.05, 0) is 31.0 Å². The van der Waals surface area contributed by atoms with E-state index in [9.17, 15) is 15.0 Å². The zero-order valence-electron chi connectivity index (χ0n) is 14.8. The fourth-order valence-electron chi connectivity index (χ4n) is 3.19. The number of allylic oxidation sites excluding steroid dienone is 1. The number of hydrogen-bond donors (Lipinski definition) is 5. The number of carbonyl (C=O) groups excluding carboxylic acids is 1. The van der Waals surface area contributed by atoms with Crippen molar-refractivity contribution in [2.45, 2.75) is 19.4 Å². The van der Waals surface area contributed by atoms with Crippen molar-refractivity contribution in [3.05, 3.63) is 53.1 Å². The summed E-state index contributed by atoms with van der Waals surface area (Å²) in [5.41, 5.74) is 15.8. The quantitative estimate of drug-likeness (QED) is 0.538. The van der Waals surface area contributed by atoms with Crippen molar-refractivity contribution in [2.75, 3.05) is 18.5 Å². The number of aliphatic hydroxyl groups excluding tert-OH is 1. The first-order chi connectivity index (χ1) is 12.3. The van der Waals surface area contributed by atoms with Gasteiger partial charge in [0.1, 0.15) is 5.75 Å². The third kappa shape index (κ3) is 2.88. The molecule has 1 heterocycles. The van der Waals surface area contributed by atoms with Crippen LogP contribution in [0.15, 0.2) is 42.0 Å². The van der Waals surface area contributed by atoms with Crippen molar-refractivity contribution in [1.82, 2.24) is 0 Å². The molecule has 1 amide bonds. The van der Waals surface area contributed by atoms with Crippen molar-refractivity contribution in [3.8, 4) is 16.9 Å². The minimum absolute atomic E-state index is 0.0757. The van der Waals surface area contributed by atoms with Crippen LogP contribution in [0.4, 0.5) is 5.69 Å². The van der Waals surface area contributed by atoms with Crippen molar-refractivity contribution in [3.63, 3.8) is 0 Å². The van der Waals surface area contributed by atoms with Crippen LogP contribution in [0.3, 0.4) is 0 Å². The first-order valence-corrected chi connectivity index (χ1v) is 8.37. The smallest absolute Gasteiger partial charge is 0.256 e. The Morgan fingerprint density at radius 3 is 2.35 bits per heavy atom. The molecule has 1 atom stereocenters. The Morgan fingerprint density at radius 1 is 1.15 bits per heavy atom. The monoisotopic (exact) mass is 353 g/mol. The number of hydrogen-bond acceptors (Lipinski definition) is 5. The molecule has 0 aliphatic carbocycles. The van der Waals surface area contributed by atoms with Gasteiger partial charge in [-0.25, -0.2) is 0 Å². The molecule has 1 aliphatic heterocycles. The number of fused-ring (bicyclic) bond motifs is 1. The minimum Gasteiger partial charge on any atom is -0.507 e. The highest BCUT2D eigenvalue weighted by molar-refractivity contribution is 6.32. The van der Waals surface area contributed by atoms with E-state index in [0.717, 1.165) is 16.7 Å². The molecule has 0 radical (unpaired) electrons. The van der Waals surface area contributed by atoms with Gasteiger partial charge in [0.15, 0.2) is 0 Å². The van der Waals surface area contributed by atoms with Crippen molar-refractivity contribution in [2.24, 2.45) is 11.5 Å². The van der Waals surface area contributed by atoms with Crippen LogP contribution in [0.5, 0.6) is 5.75 Å². The summed E-state index contributed by atoms with van der Waals surface area (Å²) in [4.78, 5) is 12.2. The molecule has 0 bridgehead atoms. The van der Waals surface area contributed by atoms with Crippen LogP contribution in [0, 0.1) is 0 Å². The third-order valence-corrected chi connectivity index (χ3v) is 4.80. The standard InChI is InChI=1S/C20H23N3O3/c1-11(2)18-15-7-14(17(25)8-16(15)23-19(18)26)12-3-5-13(6-4-12)20(22,9-21)10-24/h3-8,24-25H,9-10,21-22H2,1-2H3,(H,23,26). The van der Waals surface area contributed by atoms with E-state index in [1.165, 1.54) is 0 Å². The predicted octanol–water partition coefficient (Wildman–Crippen LogP) is 1.91. The predicted molar refractivity (Wildman–Crippen MR) is 102 cm³/mol. The lowest BCUT2D eigenvalue weighted by Crippen LogP contribution is -2.47. The number of amides is 1. The first kappa shape index (κ1) is 18.1. The second-order valence-corrected chi connectivity index (χ2v) is 6.84. The molecule has 6 nitrogen and oxygen atoms in total. The van der Waals surface area contributed by atoms with Gasteiger partial charge >= 0.3 is 0 Å². The minimum atomic E-state index is -0.996. The molecule has 0 saturated carbocycles. The van der Waals surface area contributed by atoms with Crippen LogP contribution in [0.25, 0.3) is 16.7 Å². The fourth-order valence-corrected chi connectivity index (χ4v) is 3.19. The molecule has 0 spiro atoms. The lowest BCUT2D eigenvalue weighted by atomic mass is 9.90. The lowest BCUT2D eigenvalue weighted by molar-refractivity contribution is -0.110. The van der Waals surface area contributed by atoms with E-state index in [1.807, 2.05) is 32.0 Å². The highest BCUT2D eigenvalue weighted by atomic mass is 16.3. The van der Waals surface area contributed by atoms with Gasteiger partial charge in [-0.2, -0.15) is 0 Å². The molecule has 0 fully saturated rings. The van der Waals surface area contributed by atoms with Crippen LogP contribution < -0.4 is 16.8 Å². The van der Waals surface area contributed by atoms with Gasteiger partial charge in [0.25, 0.3) is 5.91 Å². The summed E-state index contributed by atoms with van der Waals surface area (Å²) in [6.45, 7) is 3.62. The van der Waals surface area contributed by atoms with Gasteiger partial charge in [-0.1, -0.05) is 29.8 Å². The Hall–Kier alpha value is -2.67. The maximum Gasteiger partial charge on any atom is 0.256 e. The summed E-state index contributed by atoms with van der Waals surface area (Å²) < 4.78 is 0. The summed E-state index contributed by atoms with van der Waals surface area (Å²) in [6.07, 6.45) is 0. The molecule has 7 N–H and O–H groups in total. The number of nitrogens with two attached hydrogens (primary N) is 2. The van der Waals surface area contributed by atoms with Gasteiger partial charge in [0.2, 0.25) is 0 Å². The molecule has 3 rings (SSSR count). The maximum absolute atomic E-state index is 12.2. The van der Waals surface area contributed by atoms with Crippen molar-refractivity contribution < 1.29 is 15.0 Å². The molecule has 0 saturated heterocycles. The molecule has 2 aromatic carbocycles. The first-order valence-electron chi connectivity index (χ1n) is 8.37. The van der Waals surface area contributed by atoms with Gasteiger partial charge in [0, 0.05) is 29.3 Å². The number of phenolic OH excluding ortho intramolecular Hbond substituents is 1. The summed E-state index contributed by atoms with van der Waals surface area (Å²) in [7, 11) is 0. The summed E-state index contributed by atoms with van der Waals surface area (Å²) in [5.74, 6) is -0.0856. The van der Waals surface area contributed by atoms with Crippen LogP contribution in [0.1, 0.15) is 25.0 Å². The highest BCUT2D eigenvalue weighted by Crippen LogP contribution is 2.41. The van der Waals surface area contributed by atoms with Crippen LogP contribution in [-0.2, 0) is 10.3 Å². The summed E-state index contributed by atoms with van der Waals surface area (Å²) in [5, 5.41) is 22.7. The van der Waals surface area contributed by atoms with E-state index < -0.39 is 5.54 Å². The summed E-state index contributed by atoms with van der Waals surface area (Å²) in [6, 6.07) is 10.6. The van der Waals surface area contributed by atoms with E-state index >= 15 is 0 Å². The maximum atomic E-state index is 12.2. The topological polar surface area (TPSA) is 122 Å². The zero-order valence-corrected chi connectivity index (χ0v) is 14.8. The molecule has 1 unspecified atom stereocenters. The molecular formula is C20H23N3O3. The Kier molecular flexibility index (Phi) is 4.58. The number of benzene rings is 2. The lowest BCUT2D eigenvalue weighted by Gasteiger charge is -2.26. The van der Waals surface area contributed by atoms with Crippen molar-refractivity contribution in [1.29, 1.82) is 0 Å². The molecular weight excluding hydrogens is 330 g/mol. The molecule has 2 aromatic rings. The van der Waals surface area contributed by atoms with Crippen LogP contribution >= 0.6 is 0 Å². The van der Waals surface area contributed by atoms with Gasteiger partial charge in [-0.3, -0.25) is 4.79 Å². The number of phenols is 1. The normalized spacial score (nSPS) is 15.4. The Labute approximate surface area is 152 Å². The molecule has 1 aliphatic rings. The fraction of sp³-hybridized carbons (Fsp3) is 0.250. The molecule has 6 heteroatoms. The average molecular weight is 353 g/mol. The largest absolute Gasteiger partial charge is 0.507 e. The highest BCUT2D eigenvalue weighted by Gasteiger charge is 2.28. The van der Waals surface area contributed by atoms with Gasteiger partial charge < -0.3 is 27.0 Å². The van der Waals surface area contributed by atoms with E-state index in [4.69, 9.17) is 11.5 Å². The molecule has 0 aromatic heterocycles. The Morgan fingerprint density at radius 2 is 1.81 bits per heavy atom. The second kappa shape index (κ2) is 6.57. The zero-order chi connectivity index (χ0) is 19.1. The third-order valence-electron chi connectivity index (χ3n) is 4.80. The summed E-state index contributed by atoms with van der Waals surface area (Å²) >= 11 is 0. The van der Waals surface area contributed by atoms with Crippen LogP contribution in [0.2, 0.25) is 0 Å². The number of aliphatic hydroxyl groups is 1. The number of carbonyl (C=O) groups is 1. The van der Waals surface area contributed by atoms with E-state index in [0.29, 0.717) is 22.4 Å². The van der Waals surface area contributed by atoms with E-state index in [-0.39, 0.29) is 24.8 Å². The number of nitrogens with one attached hydrogen (secondary N) is 1. The van der Waals surface area contributed by atoms with Gasteiger partial charge in [0.05, 0.1) is 17.8 Å². The van der Waals surface area contributed by atoms with Crippen molar-refractivity contribution >= 4 is 17.2 Å². The molecule has 136 valence electrons. The van der Waals surface area contributed by atoms with Gasteiger partial charge in [-0.15, -0.1) is 0 Å². The van der Waals surface area contributed by atoms with Crippen LogP contribution in [-0.4, -0.2) is 29.3 Å². The Balaban J connectivity index is 2.07.